The van der Waals surface area contributed by atoms with Crippen molar-refractivity contribution in [1.82, 2.24) is 0 Å². The van der Waals surface area contributed by atoms with Gasteiger partial charge in [0.15, 0.2) is 5.78 Å². The number of hydrogen-bond acceptors (Lipinski definition) is 2. The lowest BCUT2D eigenvalue weighted by Gasteiger charge is -2.60. The summed E-state index contributed by atoms with van der Waals surface area (Å²) in [6.45, 7) is 10.6. The molecule has 0 amide bonds. The van der Waals surface area contributed by atoms with Crippen LogP contribution in [0.5, 0.6) is 0 Å². The van der Waals surface area contributed by atoms with E-state index in [4.69, 9.17) is 0 Å². The van der Waals surface area contributed by atoms with Crippen LogP contribution in [0.1, 0.15) is 66.7 Å². The van der Waals surface area contributed by atoms with Crippen LogP contribution >= 0.6 is 0 Å². The summed E-state index contributed by atoms with van der Waals surface area (Å²) in [6.07, 6.45) is 9.25. The van der Waals surface area contributed by atoms with E-state index in [9.17, 15) is 9.90 Å². The molecule has 2 nitrogen and oxygen atoms in total. The number of hydrogen-bond donors (Lipinski definition) is 1. The molecular weight excluding hydrogens is 248 g/mol. The first-order chi connectivity index (χ1) is 9.09. The zero-order valence-electron chi connectivity index (χ0n) is 13.7. The summed E-state index contributed by atoms with van der Waals surface area (Å²) < 4.78 is 0. The Morgan fingerprint density at radius 1 is 1.15 bits per heavy atom. The Labute approximate surface area is 123 Å². The van der Waals surface area contributed by atoms with E-state index < -0.39 is 5.60 Å². The molecule has 2 fully saturated rings. The third-order valence-corrected chi connectivity index (χ3v) is 6.12. The number of rotatable bonds is 2. The second kappa shape index (κ2) is 4.98. The second-order valence-corrected chi connectivity index (χ2v) is 8.24. The third kappa shape index (κ3) is 2.59. The Morgan fingerprint density at radius 3 is 2.40 bits per heavy atom. The van der Waals surface area contributed by atoms with Crippen molar-refractivity contribution in [1.29, 1.82) is 0 Å². The summed E-state index contributed by atoms with van der Waals surface area (Å²) in [5, 5.41) is 10.9. The fraction of sp³-hybridized carbons (Fsp3) is 0.833. The molecule has 2 saturated carbocycles. The molecule has 0 aromatic carbocycles. The molecule has 20 heavy (non-hydrogen) atoms. The van der Waals surface area contributed by atoms with Crippen LogP contribution in [0.15, 0.2) is 12.2 Å². The Balaban J connectivity index is 2.40. The van der Waals surface area contributed by atoms with E-state index in [1.807, 2.05) is 13.0 Å². The highest BCUT2D eigenvalue weighted by molar-refractivity contribution is 5.87. The van der Waals surface area contributed by atoms with Gasteiger partial charge in [-0.25, -0.2) is 0 Å². The monoisotopic (exact) mass is 278 g/mol. The normalized spacial score (nSPS) is 44.3. The van der Waals surface area contributed by atoms with Crippen LogP contribution in [-0.2, 0) is 4.79 Å². The van der Waals surface area contributed by atoms with Gasteiger partial charge in [0.05, 0.1) is 5.60 Å². The molecule has 2 aliphatic carbocycles. The van der Waals surface area contributed by atoms with E-state index in [0.29, 0.717) is 11.3 Å². The summed E-state index contributed by atoms with van der Waals surface area (Å²) in [6, 6.07) is 0. The topological polar surface area (TPSA) is 37.3 Å². The van der Waals surface area contributed by atoms with Crippen molar-refractivity contribution in [3.63, 3.8) is 0 Å². The van der Waals surface area contributed by atoms with Gasteiger partial charge in [-0.1, -0.05) is 33.3 Å². The average molecular weight is 278 g/mol. The van der Waals surface area contributed by atoms with Crippen molar-refractivity contribution < 1.29 is 9.90 Å². The summed E-state index contributed by atoms with van der Waals surface area (Å²) >= 11 is 0. The molecule has 0 saturated heterocycles. The minimum Gasteiger partial charge on any atom is -0.390 e. The van der Waals surface area contributed by atoms with Crippen LogP contribution in [0.2, 0.25) is 0 Å². The van der Waals surface area contributed by atoms with E-state index in [2.05, 4.69) is 20.8 Å². The first-order valence-electron chi connectivity index (χ1n) is 8.01. The molecule has 0 aromatic heterocycles. The molecule has 2 rings (SSSR count). The number of allylic oxidation sites excluding steroid dienone is 1. The molecule has 4 atom stereocenters. The van der Waals surface area contributed by atoms with Crippen molar-refractivity contribution in [2.45, 2.75) is 72.3 Å². The molecule has 114 valence electrons. The summed E-state index contributed by atoms with van der Waals surface area (Å²) in [5.41, 5.74) is -0.244. The number of carbonyl (C=O) groups excluding carboxylic acids is 1. The lowest BCUT2D eigenvalue weighted by Crippen LogP contribution is -2.56. The van der Waals surface area contributed by atoms with Crippen molar-refractivity contribution >= 4 is 5.78 Å². The molecule has 2 aliphatic rings. The van der Waals surface area contributed by atoms with Crippen molar-refractivity contribution in [2.75, 3.05) is 0 Å². The summed E-state index contributed by atoms with van der Waals surface area (Å²) in [7, 11) is 0. The van der Waals surface area contributed by atoms with Gasteiger partial charge >= 0.3 is 0 Å². The Bertz CT molecular complexity index is 419. The Hall–Kier alpha value is -0.630. The molecule has 0 radical (unpaired) electrons. The summed E-state index contributed by atoms with van der Waals surface area (Å²) in [4.78, 5) is 11.3. The van der Waals surface area contributed by atoms with E-state index in [-0.39, 0.29) is 17.1 Å². The first kappa shape index (κ1) is 15.8. The highest BCUT2D eigenvalue weighted by Gasteiger charge is 2.57. The van der Waals surface area contributed by atoms with Gasteiger partial charge in [-0.2, -0.15) is 0 Å². The van der Waals surface area contributed by atoms with Gasteiger partial charge in [0.1, 0.15) is 0 Å². The van der Waals surface area contributed by atoms with E-state index >= 15 is 0 Å². The van der Waals surface area contributed by atoms with Gasteiger partial charge in [-0.15, -0.1) is 0 Å². The predicted molar refractivity (Wildman–Crippen MR) is 82.4 cm³/mol. The van der Waals surface area contributed by atoms with Crippen molar-refractivity contribution in [3.8, 4) is 0 Å². The van der Waals surface area contributed by atoms with Gasteiger partial charge in [0.2, 0.25) is 0 Å². The van der Waals surface area contributed by atoms with E-state index in [1.54, 1.807) is 13.0 Å². The average Bonchev–Trinajstić information content (AvgIpc) is 2.25. The first-order valence-corrected chi connectivity index (χ1v) is 8.01. The quantitative estimate of drug-likeness (QED) is 0.771. The maximum atomic E-state index is 11.3. The predicted octanol–water partition coefficient (Wildman–Crippen LogP) is 4.13. The molecule has 0 spiro atoms. The van der Waals surface area contributed by atoms with Crippen LogP contribution in [0.3, 0.4) is 0 Å². The van der Waals surface area contributed by atoms with Crippen LogP contribution < -0.4 is 0 Å². The zero-order chi connectivity index (χ0) is 15.2. The van der Waals surface area contributed by atoms with Crippen LogP contribution in [0, 0.1) is 22.7 Å². The third-order valence-electron chi connectivity index (χ3n) is 6.12. The molecular formula is C18H30O2. The van der Waals surface area contributed by atoms with E-state index in [0.717, 1.165) is 19.3 Å². The van der Waals surface area contributed by atoms with Crippen molar-refractivity contribution in [2.24, 2.45) is 22.7 Å². The standard InChI is InChI=1S/C18H30O2/c1-13(19)7-8-15-17(4)11-6-10-16(2,3)14(17)9-12-18(15,5)20/h7-8,14-15,20H,6,9-12H2,1-5H3/b8-7-/t14-,15-,17-,18+/m0/s1. The number of aliphatic hydroxyl groups is 1. The SMILES string of the molecule is CC(=O)/C=C\[C@H]1[C@@]2(C)CCCC(C)(C)[C@@H]2CC[C@@]1(C)O. The fourth-order valence-electron chi connectivity index (χ4n) is 5.22. The molecule has 0 aliphatic heterocycles. The van der Waals surface area contributed by atoms with Crippen molar-refractivity contribution in [3.05, 3.63) is 12.2 Å². The number of ketones is 1. The maximum Gasteiger partial charge on any atom is 0.152 e. The zero-order valence-corrected chi connectivity index (χ0v) is 13.7. The molecule has 1 N–H and O–H groups in total. The lowest BCUT2D eigenvalue weighted by atomic mass is 9.45. The largest absolute Gasteiger partial charge is 0.390 e. The van der Waals surface area contributed by atoms with E-state index in [1.165, 1.54) is 12.8 Å². The number of carbonyl (C=O) groups is 1. The minimum atomic E-state index is -0.690. The Kier molecular flexibility index (Phi) is 3.92. The highest BCUT2D eigenvalue weighted by atomic mass is 16.3. The molecule has 0 aromatic rings. The van der Waals surface area contributed by atoms with Crippen LogP contribution in [0.25, 0.3) is 0 Å². The van der Waals surface area contributed by atoms with Gasteiger partial charge in [-0.05, 0) is 62.4 Å². The van der Waals surface area contributed by atoms with Gasteiger partial charge in [-0.3, -0.25) is 4.79 Å². The minimum absolute atomic E-state index is 0.0709. The molecule has 0 bridgehead atoms. The van der Waals surface area contributed by atoms with Gasteiger partial charge in [0.25, 0.3) is 0 Å². The molecule has 2 heteroatoms. The van der Waals surface area contributed by atoms with Crippen LogP contribution in [0.4, 0.5) is 0 Å². The molecule has 0 heterocycles. The summed E-state index contributed by atoms with van der Waals surface area (Å²) in [5.74, 6) is 0.782. The Morgan fingerprint density at radius 2 is 1.80 bits per heavy atom. The lowest BCUT2D eigenvalue weighted by molar-refractivity contribution is -0.149. The number of fused-ring (bicyclic) bond motifs is 1. The smallest absolute Gasteiger partial charge is 0.152 e. The fourth-order valence-corrected chi connectivity index (χ4v) is 5.22. The van der Waals surface area contributed by atoms with Crippen LogP contribution in [-0.4, -0.2) is 16.5 Å². The van der Waals surface area contributed by atoms with Gasteiger partial charge < -0.3 is 5.11 Å². The highest BCUT2D eigenvalue weighted by Crippen LogP contribution is 2.62. The van der Waals surface area contributed by atoms with Gasteiger partial charge in [0, 0.05) is 5.92 Å². The second-order valence-electron chi connectivity index (χ2n) is 8.24. The molecule has 0 unspecified atom stereocenters. The maximum absolute atomic E-state index is 11.3.